The standard InChI is InChI=1S/C15H14BrNO3S2/c1-2-4-11(14(19)20)17-13(18)12(22-15(17)21)8-9-5-3-6-10(16)7-9/h3,5-8,11H,2,4H2,1H3,(H,19,20)/b12-8-. The van der Waals surface area contributed by atoms with E-state index < -0.39 is 12.0 Å². The third-order valence-electron chi connectivity index (χ3n) is 3.13. The molecule has 1 amide bonds. The minimum Gasteiger partial charge on any atom is -0.480 e. The summed E-state index contributed by atoms with van der Waals surface area (Å²) < 4.78 is 1.21. The van der Waals surface area contributed by atoms with Crippen molar-refractivity contribution >= 4 is 62.2 Å². The fraction of sp³-hybridized carbons (Fsp3) is 0.267. The molecule has 1 N–H and O–H groups in total. The maximum absolute atomic E-state index is 12.5. The third kappa shape index (κ3) is 3.77. The van der Waals surface area contributed by atoms with Crippen molar-refractivity contribution in [2.24, 2.45) is 0 Å². The zero-order valence-electron chi connectivity index (χ0n) is 11.8. The number of carboxylic acid groups (broad SMARTS) is 1. The molecule has 1 heterocycles. The number of carbonyl (C=O) groups excluding carboxylic acids is 1. The molecule has 2 rings (SSSR count). The van der Waals surface area contributed by atoms with Crippen molar-refractivity contribution in [3.63, 3.8) is 0 Å². The summed E-state index contributed by atoms with van der Waals surface area (Å²) in [6.07, 6.45) is 2.78. The fourth-order valence-corrected chi connectivity index (χ4v) is 3.91. The Balaban J connectivity index is 2.30. The number of thiocarbonyl (C=S) groups is 1. The Morgan fingerprint density at radius 1 is 1.55 bits per heavy atom. The third-order valence-corrected chi connectivity index (χ3v) is 4.95. The van der Waals surface area contributed by atoms with Crippen LogP contribution >= 0.6 is 39.9 Å². The molecule has 1 aliphatic heterocycles. The molecule has 1 aliphatic rings. The van der Waals surface area contributed by atoms with Crippen LogP contribution in [0.1, 0.15) is 25.3 Å². The van der Waals surface area contributed by atoms with Gasteiger partial charge in [-0.1, -0.05) is 65.4 Å². The average Bonchev–Trinajstić information content (AvgIpc) is 2.71. The van der Waals surface area contributed by atoms with E-state index in [0.29, 0.717) is 22.1 Å². The highest BCUT2D eigenvalue weighted by atomic mass is 79.9. The highest BCUT2D eigenvalue weighted by Gasteiger charge is 2.39. The number of hydrogen-bond donors (Lipinski definition) is 1. The van der Waals surface area contributed by atoms with Crippen LogP contribution in [-0.2, 0) is 9.59 Å². The summed E-state index contributed by atoms with van der Waals surface area (Å²) >= 11 is 9.72. The van der Waals surface area contributed by atoms with Gasteiger partial charge >= 0.3 is 5.97 Å². The van der Waals surface area contributed by atoms with Crippen LogP contribution in [0.3, 0.4) is 0 Å². The number of benzene rings is 1. The molecule has 1 atom stereocenters. The van der Waals surface area contributed by atoms with E-state index in [1.165, 1.54) is 4.90 Å². The quantitative estimate of drug-likeness (QED) is 0.600. The lowest BCUT2D eigenvalue weighted by molar-refractivity contribution is -0.145. The van der Waals surface area contributed by atoms with Crippen LogP contribution in [-0.4, -0.2) is 32.2 Å². The van der Waals surface area contributed by atoms with Gasteiger partial charge < -0.3 is 5.11 Å². The van der Waals surface area contributed by atoms with E-state index in [-0.39, 0.29) is 5.91 Å². The van der Waals surface area contributed by atoms with Crippen LogP contribution in [0.4, 0.5) is 0 Å². The molecule has 4 nitrogen and oxygen atoms in total. The Labute approximate surface area is 146 Å². The molecule has 0 saturated carbocycles. The van der Waals surface area contributed by atoms with E-state index in [1.54, 1.807) is 6.08 Å². The molecule has 0 radical (unpaired) electrons. The van der Waals surface area contributed by atoms with E-state index >= 15 is 0 Å². The summed E-state index contributed by atoms with van der Waals surface area (Å²) in [5.41, 5.74) is 0.859. The van der Waals surface area contributed by atoms with Gasteiger partial charge in [-0.3, -0.25) is 9.69 Å². The number of carbonyl (C=O) groups is 2. The number of nitrogens with zero attached hydrogens (tertiary/aromatic N) is 1. The van der Waals surface area contributed by atoms with Crippen LogP contribution in [0.25, 0.3) is 6.08 Å². The molecule has 1 fully saturated rings. The van der Waals surface area contributed by atoms with Gasteiger partial charge in [0.25, 0.3) is 5.91 Å². The van der Waals surface area contributed by atoms with E-state index in [1.807, 2.05) is 31.2 Å². The topological polar surface area (TPSA) is 57.6 Å². The monoisotopic (exact) mass is 399 g/mol. The van der Waals surface area contributed by atoms with Gasteiger partial charge in [-0.2, -0.15) is 0 Å². The summed E-state index contributed by atoms with van der Waals surface area (Å²) in [7, 11) is 0. The van der Waals surface area contributed by atoms with Crippen molar-refractivity contribution in [1.82, 2.24) is 4.90 Å². The summed E-state index contributed by atoms with van der Waals surface area (Å²) in [4.78, 5) is 25.6. The van der Waals surface area contributed by atoms with Crippen LogP contribution in [0.15, 0.2) is 33.6 Å². The van der Waals surface area contributed by atoms with Gasteiger partial charge in [-0.05, 0) is 30.2 Å². The molecule has 0 spiro atoms. The largest absolute Gasteiger partial charge is 0.480 e. The number of aliphatic carboxylic acids is 1. The van der Waals surface area contributed by atoms with Crippen molar-refractivity contribution in [2.75, 3.05) is 0 Å². The van der Waals surface area contributed by atoms with Gasteiger partial charge in [0.1, 0.15) is 10.4 Å². The molecule has 22 heavy (non-hydrogen) atoms. The predicted molar refractivity (Wildman–Crippen MR) is 95.5 cm³/mol. The van der Waals surface area contributed by atoms with Crippen molar-refractivity contribution in [3.8, 4) is 0 Å². The van der Waals surface area contributed by atoms with Gasteiger partial charge in [0.15, 0.2) is 0 Å². The minimum atomic E-state index is -1.03. The first-order valence-corrected chi connectivity index (χ1v) is 8.71. The number of carboxylic acids is 1. The van der Waals surface area contributed by atoms with E-state index in [2.05, 4.69) is 15.9 Å². The number of halogens is 1. The number of amides is 1. The van der Waals surface area contributed by atoms with Crippen molar-refractivity contribution < 1.29 is 14.7 Å². The van der Waals surface area contributed by atoms with Crippen LogP contribution in [0.2, 0.25) is 0 Å². The molecule has 0 aromatic heterocycles. The van der Waals surface area contributed by atoms with Gasteiger partial charge in [0.05, 0.1) is 4.91 Å². The van der Waals surface area contributed by atoms with Crippen LogP contribution < -0.4 is 0 Å². The Morgan fingerprint density at radius 2 is 2.27 bits per heavy atom. The normalized spacial score (nSPS) is 18.1. The average molecular weight is 400 g/mol. The Morgan fingerprint density at radius 3 is 2.86 bits per heavy atom. The smallest absolute Gasteiger partial charge is 0.326 e. The number of hydrogen-bond acceptors (Lipinski definition) is 4. The zero-order chi connectivity index (χ0) is 16.3. The van der Waals surface area contributed by atoms with Crippen molar-refractivity contribution in [3.05, 3.63) is 39.2 Å². The summed E-state index contributed by atoms with van der Waals surface area (Å²) in [6, 6.07) is 6.62. The molecule has 116 valence electrons. The second-order valence-electron chi connectivity index (χ2n) is 4.75. The molecular formula is C15H14BrNO3S2. The van der Waals surface area contributed by atoms with Crippen molar-refractivity contribution in [2.45, 2.75) is 25.8 Å². The zero-order valence-corrected chi connectivity index (χ0v) is 15.0. The molecule has 1 aromatic carbocycles. The fourth-order valence-electron chi connectivity index (χ4n) is 2.13. The molecular weight excluding hydrogens is 386 g/mol. The Bertz CT molecular complexity index is 660. The Kier molecular flexibility index (Phi) is 5.77. The van der Waals surface area contributed by atoms with E-state index in [0.717, 1.165) is 21.8 Å². The molecule has 1 saturated heterocycles. The van der Waals surface area contributed by atoms with E-state index in [9.17, 15) is 14.7 Å². The second-order valence-corrected chi connectivity index (χ2v) is 7.34. The first-order valence-electron chi connectivity index (χ1n) is 6.69. The number of rotatable bonds is 5. The van der Waals surface area contributed by atoms with E-state index in [4.69, 9.17) is 12.2 Å². The SMILES string of the molecule is CCCC(C(=O)O)N1C(=O)/C(=C/c2cccc(Br)c2)SC1=S. The van der Waals surface area contributed by atoms with Gasteiger partial charge in [0, 0.05) is 4.47 Å². The highest BCUT2D eigenvalue weighted by Crippen LogP contribution is 2.35. The summed E-state index contributed by atoms with van der Waals surface area (Å²) in [6.45, 7) is 1.88. The summed E-state index contributed by atoms with van der Waals surface area (Å²) in [5, 5.41) is 9.32. The first kappa shape index (κ1) is 17.2. The second kappa shape index (κ2) is 7.39. The first-order chi connectivity index (χ1) is 10.4. The maximum Gasteiger partial charge on any atom is 0.326 e. The van der Waals surface area contributed by atoms with Crippen LogP contribution in [0.5, 0.6) is 0 Å². The van der Waals surface area contributed by atoms with Gasteiger partial charge in [0.2, 0.25) is 0 Å². The minimum absolute atomic E-state index is 0.298. The van der Waals surface area contributed by atoms with Gasteiger partial charge in [-0.15, -0.1) is 0 Å². The lowest BCUT2D eigenvalue weighted by atomic mass is 10.1. The maximum atomic E-state index is 12.5. The van der Waals surface area contributed by atoms with Gasteiger partial charge in [-0.25, -0.2) is 4.79 Å². The predicted octanol–water partition coefficient (Wildman–Crippen LogP) is 3.90. The molecule has 1 aromatic rings. The van der Waals surface area contributed by atoms with Crippen LogP contribution in [0, 0.1) is 0 Å². The van der Waals surface area contributed by atoms with Crippen molar-refractivity contribution in [1.29, 1.82) is 0 Å². The summed E-state index contributed by atoms with van der Waals surface area (Å²) in [5.74, 6) is -1.36. The number of thioether (sulfide) groups is 1. The molecule has 1 unspecified atom stereocenters. The molecule has 7 heteroatoms. The lowest BCUT2D eigenvalue weighted by Crippen LogP contribution is -2.43. The molecule has 0 aliphatic carbocycles. The lowest BCUT2D eigenvalue weighted by Gasteiger charge is -2.22. The molecule has 0 bridgehead atoms. The highest BCUT2D eigenvalue weighted by molar-refractivity contribution is 9.10. The Hall–Kier alpha value is -1.18.